The summed E-state index contributed by atoms with van der Waals surface area (Å²) in [5.74, 6) is 0.452. The van der Waals surface area contributed by atoms with Gasteiger partial charge in [0.2, 0.25) is 0 Å². The van der Waals surface area contributed by atoms with Crippen LogP contribution in [0.5, 0.6) is 11.5 Å². The molecule has 0 fully saturated rings. The predicted octanol–water partition coefficient (Wildman–Crippen LogP) is 6.08. The van der Waals surface area contributed by atoms with E-state index in [0.717, 1.165) is 5.56 Å². The topological polar surface area (TPSA) is 44.8 Å². The molecule has 0 aromatic heterocycles. The summed E-state index contributed by atoms with van der Waals surface area (Å²) in [6, 6.07) is 8.48. The van der Waals surface area contributed by atoms with Crippen molar-refractivity contribution >= 4 is 45.1 Å². The Bertz CT molecular complexity index is 808. The Balaban J connectivity index is 2.24. The van der Waals surface area contributed by atoms with E-state index < -0.39 is 5.97 Å². The van der Waals surface area contributed by atoms with Gasteiger partial charge in [-0.3, -0.25) is 0 Å². The van der Waals surface area contributed by atoms with Gasteiger partial charge in [-0.1, -0.05) is 41.9 Å². The van der Waals surface area contributed by atoms with E-state index in [1.54, 1.807) is 24.3 Å². The molecule has 0 N–H and O–H groups in total. The van der Waals surface area contributed by atoms with E-state index in [4.69, 9.17) is 37.4 Å². The lowest BCUT2D eigenvalue weighted by atomic mass is 10.2. The Morgan fingerprint density at radius 2 is 1.96 bits per heavy atom. The van der Waals surface area contributed by atoms with Gasteiger partial charge in [-0.15, -0.1) is 0 Å². The standard InChI is InChI=1S/C19H17BrCl2O4/c1-3-7-25-19(23)13-9-14(20)18(17(10-13)24-4-2)26-11-12-5-6-15(21)16(22)8-12/h3,5-6,8-10H,1,4,7,11H2,2H3. The summed E-state index contributed by atoms with van der Waals surface area (Å²) in [5.41, 5.74) is 1.20. The van der Waals surface area contributed by atoms with Crippen LogP contribution in [-0.4, -0.2) is 19.2 Å². The molecule has 138 valence electrons. The Labute approximate surface area is 170 Å². The van der Waals surface area contributed by atoms with Gasteiger partial charge >= 0.3 is 5.97 Å². The molecular weight excluding hydrogens is 443 g/mol. The molecule has 2 aromatic rings. The van der Waals surface area contributed by atoms with Gasteiger partial charge in [-0.2, -0.15) is 0 Å². The molecule has 7 heteroatoms. The second-order valence-corrected chi connectivity index (χ2v) is 6.81. The smallest absolute Gasteiger partial charge is 0.338 e. The van der Waals surface area contributed by atoms with Crippen LogP contribution in [0.15, 0.2) is 47.5 Å². The minimum atomic E-state index is -0.470. The Hall–Kier alpha value is -1.69. The number of rotatable bonds is 8. The highest BCUT2D eigenvalue weighted by Gasteiger charge is 2.17. The first-order valence-electron chi connectivity index (χ1n) is 7.77. The molecule has 0 saturated heterocycles. The zero-order valence-corrected chi connectivity index (χ0v) is 17.2. The van der Waals surface area contributed by atoms with Crippen molar-refractivity contribution in [3.63, 3.8) is 0 Å². The van der Waals surface area contributed by atoms with Crippen LogP contribution in [0, 0.1) is 0 Å². The third-order valence-corrected chi connectivity index (χ3v) is 4.57. The number of esters is 1. The lowest BCUT2D eigenvalue weighted by molar-refractivity contribution is 0.0549. The quantitative estimate of drug-likeness (QED) is 0.354. The van der Waals surface area contributed by atoms with Gasteiger partial charge in [0.15, 0.2) is 11.5 Å². The summed E-state index contributed by atoms with van der Waals surface area (Å²) in [7, 11) is 0. The Kier molecular flexibility index (Phi) is 7.82. The number of halogens is 3. The molecule has 0 amide bonds. The van der Waals surface area contributed by atoms with Crippen LogP contribution in [-0.2, 0) is 11.3 Å². The molecule has 0 spiro atoms. The second-order valence-electron chi connectivity index (χ2n) is 5.14. The maximum Gasteiger partial charge on any atom is 0.338 e. The number of hydrogen-bond acceptors (Lipinski definition) is 4. The van der Waals surface area contributed by atoms with Crippen molar-refractivity contribution < 1.29 is 19.0 Å². The van der Waals surface area contributed by atoms with Crippen LogP contribution in [0.4, 0.5) is 0 Å². The SMILES string of the molecule is C=CCOC(=O)c1cc(Br)c(OCc2ccc(Cl)c(Cl)c2)c(OCC)c1. The highest BCUT2D eigenvalue weighted by atomic mass is 79.9. The molecule has 0 unspecified atom stereocenters. The van der Waals surface area contributed by atoms with E-state index in [9.17, 15) is 4.79 Å². The normalized spacial score (nSPS) is 10.3. The molecule has 0 atom stereocenters. The highest BCUT2D eigenvalue weighted by molar-refractivity contribution is 9.10. The summed E-state index contributed by atoms with van der Waals surface area (Å²) in [5, 5.41) is 0.936. The first-order chi connectivity index (χ1) is 12.5. The van der Waals surface area contributed by atoms with Crippen molar-refractivity contribution in [3.05, 3.63) is 68.6 Å². The fourth-order valence-electron chi connectivity index (χ4n) is 2.09. The van der Waals surface area contributed by atoms with Crippen LogP contribution >= 0.6 is 39.1 Å². The molecule has 0 heterocycles. The van der Waals surface area contributed by atoms with E-state index in [1.807, 2.05) is 13.0 Å². The molecule has 0 bridgehead atoms. The van der Waals surface area contributed by atoms with Crippen LogP contribution in [0.1, 0.15) is 22.8 Å². The van der Waals surface area contributed by atoms with Crippen molar-refractivity contribution in [2.75, 3.05) is 13.2 Å². The largest absolute Gasteiger partial charge is 0.490 e. The fraction of sp³-hybridized carbons (Fsp3) is 0.211. The lowest BCUT2D eigenvalue weighted by Crippen LogP contribution is -2.07. The van der Waals surface area contributed by atoms with E-state index in [1.165, 1.54) is 6.08 Å². The molecule has 0 aliphatic heterocycles. The zero-order valence-electron chi connectivity index (χ0n) is 14.1. The molecule has 0 saturated carbocycles. The van der Waals surface area contributed by atoms with Gasteiger partial charge in [0.25, 0.3) is 0 Å². The molecule has 0 radical (unpaired) electrons. The zero-order chi connectivity index (χ0) is 19.1. The molecule has 4 nitrogen and oxygen atoms in total. The van der Waals surface area contributed by atoms with Crippen LogP contribution in [0.2, 0.25) is 10.0 Å². The molecule has 26 heavy (non-hydrogen) atoms. The number of hydrogen-bond donors (Lipinski definition) is 0. The van der Waals surface area contributed by atoms with Crippen LogP contribution < -0.4 is 9.47 Å². The summed E-state index contributed by atoms with van der Waals surface area (Å²) in [6.07, 6.45) is 1.51. The van der Waals surface area contributed by atoms with Crippen molar-refractivity contribution in [3.8, 4) is 11.5 Å². The number of ether oxygens (including phenoxy) is 3. The van der Waals surface area contributed by atoms with Crippen molar-refractivity contribution in [1.29, 1.82) is 0 Å². The third-order valence-electron chi connectivity index (χ3n) is 3.24. The summed E-state index contributed by atoms with van der Waals surface area (Å²) >= 11 is 15.4. The van der Waals surface area contributed by atoms with E-state index in [2.05, 4.69) is 22.5 Å². The number of carbonyl (C=O) groups excluding carboxylic acids is 1. The van der Waals surface area contributed by atoms with Gasteiger partial charge in [-0.25, -0.2) is 4.79 Å². The van der Waals surface area contributed by atoms with Gasteiger partial charge in [-0.05, 0) is 52.7 Å². The molecule has 2 rings (SSSR count). The third kappa shape index (κ3) is 5.40. The van der Waals surface area contributed by atoms with Gasteiger partial charge < -0.3 is 14.2 Å². The maximum absolute atomic E-state index is 12.1. The van der Waals surface area contributed by atoms with E-state index >= 15 is 0 Å². The van der Waals surface area contributed by atoms with Crippen molar-refractivity contribution in [2.45, 2.75) is 13.5 Å². The molecular formula is C19H17BrCl2O4. The molecule has 0 aliphatic rings. The Morgan fingerprint density at radius 1 is 1.19 bits per heavy atom. The summed E-state index contributed by atoms with van der Waals surface area (Å²) in [4.78, 5) is 12.1. The second kappa shape index (κ2) is 9.86. The van der Waals surface area contributed by atoms with Crippen LogP contribution in [0.25, 0.3) is 0 Å². The maximum atomic E-state index is 12.1. The molecule has 0 aliphatic carbocycles. The summed E-state index contributed by atoms with van der Waals surface area (Å²) in [6.45, 7) is 6.18. The van der Waals surface area contributed by atoms with E-state index in [-0.39, 0.29) is 13.2 Å². The lowest BCUT2D eigenvalue weighted by Gasteiger charge is -2.15. The minimum Gasteiger partial charge on any atom is -0.490 e. The average molecular weight is 460 g/mol. The van der Waals surface area contributed by atoms with Gasteiger partial charge in [0.05, 0.1) is 26.7 Å². The Morgan fingerprint density at radius 3 is 2.62 bits per heavy atom. The highest BCUT2D eigenvalue weighted by Crippen LogP contribution is 2.38. The number of benzene rings is 2. The van der Waals surface area contributed by atoms with E-state index in [0.29, 0.717) is 38.2 Å². The minimum absolute atomic E-state index is 0.135. The average Bonchev–Trinajstić information content (AvgIpc) is 2.61. The monoisotopic (exact) mass is 458 g/mol. The molecule has 2 aromatic carbocycles. The van der Waals surface area contributed by atoms with Crippen LogP contribution in [0.3, 0.4) is 0 Å². The van der Waals surface area contributed by atoms with Crippen molar-refractivity contribution in [1.82, 2.24) is 0 Å². The first kappa shape index (κ1) is 20.6. The van der Waals surface area contributed by atoms with Gasteiger partial charge in [0.1, 0.15) is 13.2 Å². The fourth-order valence-corrected chi connectivity index (χ4v) is 2.97. The summed E-state index contributed by atoms with van der Waals surface area (Å²) < 4.78 is 17.1. The van der Waals surface area contributed by atoms with Crippen molar-refractivity contribution in [2.24, 2.45) is 0 Å². The predicted molar refractivity (Wildman–Crippen MR) is 107 cm³/mol. The number of carbonyl (C=O) groups is 1. The first-order valence-corrected chi connectivity index (χ1v) is 9.32. The van der Waals surface area contributed by atoms with Gasteiger partial charge in [0, 0.05) is 0 Å².